The van der Waals surface area contributed by atoms with Crippen LogP contribution in [-0.4, -0.2) is 23.3 Å². The van der Waals surface area contributed by atoms with Gasteiger partial charge in [-0.05, 0) is 13.8 Å². The van der Waals surface area contributed by atoms with Crippen molar-refractivity contribution in [1.82, 2.24) is 4.98 Å². The van der Waals surface area contributed by atoms with Crippen LogP contribution < -0.4 is 0 Å². The van der Waals surface area contributed by atoms with Gasteiger partial charge in [0.1, 0.15) is 10.9 Å². The molecule has 0 aliphatic heterocycles. The van der Waals surface area contributed by atoms with Gasteiger partial charge in [0.15, 0.2) is 5.92 Å². The molecule has 0 N–H and O–H groups in total. The monoisotopic (exact) mass is 343 g/mol. The predicted octanol–water partition coefficient (Wildman–Crippen LogP) is 3.93. The Morgan fingerprint density at radius 3 is 2.21 bits per heavy atom. The largest absolute Gasteiger partial charge is 0.465 e. The van der Waals surface area contributed by atoms with Crippen molar-refractivity contribution in [3.63, 3.8) is 0 Å². The number of ketones is 1. The van der Waals surface area contributed by atoms with Gasteiger partial charge < -0.3 is 4.74 Å². The molecule has 0 bridgehead atoms. The molecule has 4 nitrogen and oxygen atoms in total. The summed E-state index contributed by atoms with van der Waals surface area (Å²) in [6.07, 6.45) is 0. The van der Waals surface area contributed by atoms with Crippen molar-refractivity contribution in [3.8, 4) is 0 Å². The lowest BCUT2D eigenvalue weighted by molar-refractivity contribution is -0.147. The van der Waals surface area contributed by atoms with Crippen LogP contribution in [0.5, 0.6) is 0 Å². The number of aromatic nitrogens is 1. The molecule has 1 rings (SSSR count). The van der Waals surface area contributed by atoms with Gasteiger partial charge in [-0.2, -0.15) is 0 Å². The van der Waals surface area contributed by atoms with Gasteiger partial charge in [-0.15, -0.1) is 0 Å². The Morgan fingerprint density at radius 1 is 1.16 bits per heavy atom. The van der Waals surface area contributed by atoms with Crippen LogP contribution >= 0.6 is 46.4 Å². The molecule has 0 aliphatic carbocycles. The van der Waals surface area contributed by atoms with Crippen molar-refractivity contribution >= 4 is 58.2 Å². The standard InChI is InChI=1S/C11H9Cl4NO3/c1-3-19-11(18)5(4(2)17)9-7(13)6(12)8(14)10(15)16-9/h5H,3H2,1-2H3. The topological polar surface area (TPSA) is 56.3 Å². The maximum absolute atomic E-state index is 11.8. The van der Waals surface area contributed by atoms with E-state index in [-0.39, 0.29) is 32.5 Å². The van der Waals surface area contributed by atoms with Gasteiger partial charge in [-0.25, -0.2) is 4.98 Å². The lowest BCUT2D eigenvalue weighted by atomic mass is 10.0. The fourth-order valence-electron chi connectivity index (χ4n) is 1.39. The van der Waals surface area contributed by atoms with E-state index in [1.54, 1.807) is 6.92 Å². The first-order chi connectivity index (χ1) is 8.81. The molecule has 1 aromatic heterocycles. The van der Waals surface area contributed by atoms with Crippen LogP contribution in [0.15, 0.2) is 0 Å². The third-order valence-corrected chi connectivity index (χ3v) is 3.90. The second-order valence-corrected chi connectivity index (χ2v) is 5.02. The first-order valence-electron chi connectivity index (χ1n) is 5.18. The van der Waals surface area contributed by atoms with E-state index in [1.165, 1.54) is 6.92 Å². The Labute approximate surface area is 129 Å². The number of halogens is 4. The molecule has 19 heavy (non-hydrogen) atoms. The summed E-state index contributed by atoms with van der Waals surface area (Å²) >= 11 is 23.4. The highest BCUT2D eigenvalue weighted by molar-refractivity contribution is 6.51. The fraction of sp³-hybridized carbons (Fsp3) is 0.364. The van der Waals surface area contributed by atoms with Gasteiger partial charge in [0, 0.05) is 0 Å². The minimum Gasteiger partial charge on any atom is -0.465 e. The molecule has 8 heteroatoms. The van der Waals surface area contributed by atoms with Gasteiger partial charge in [-0.3, -0.25) is 9.59 Å². The van der Waals surface area contributed by atoms with Crippen LogP contribution in [0.2, 0.25) is 20.2 Å². The molecular weight excluding hydrogens is 336 g/mol. The summed E-state index contributed by atoms with van der Waals surface area (Å²) in [5.74, 6) is -2.53. The van der Waals surface area contributed by atoms with E-state index in [2.05, 4.69) is 4.98 Å². The molecule has 0 saturated carbocycles. The van der Waals surface area contributed by atoms with E-state index in [9.17, 15) is 9.59 Å². The second-order valence-electron chi connectivity index (χ2n) is 3.53. The Bertz CT molecular complexity index is 533. The minimum absolute atomic E-state index is 0.0387. The summed E-state index contributed by atoms with van der Waals surface area (Å²) in [5, 5.41) is -0.330. The molecule has 0 amide bonds. The molecule has 1 aromatic rings. The molecule has 0 radical (unpaired) electrons. The highest BCUT2D eigenvalue weighted by Gasteiger charge is 2.32. The van der Waals surface area contributed by atoms with Gasteiger partial charge in [-0.1, -0.05) is 46.4 Å². The van der Waals surface area contributed by atoms with E-state index >= 15 is 0 Å². The number of ether oxygens (including phenoxy) is 1. The molecular formula is C11H9Cl4NO3. The predicted molar refractivity (Wildman–Crippen MR) is 74.3 cm³/mol. The quantitative estimate of drug-likeness (QED) is 0.471. The lowest BCUT2D eigenvalue weighted by Gasteiger charge is -2.15. The Balaban J connectivity index is 3.40. The second kappa shape index (κ2) is 6.75. The van der Waals surface area contributed by atoms with E-state index in [0.717, 1.165) is 0 Å². The molecule has 1 atom stereocenters. The highest BCUT2D eigenvalue weighted by Crippen LogP contribution is 2.39. The number of Topliss-reactive ketones (excluding diaryl/α,β-unsaturated/α-hetero) is 1. The molecule has 104 valence electrons. The molecule has 0 aliphatic rings. The number of nitrogens with zero attached hydrogens (tertiary/aromatic N) is 1. The average Bonchev–Trinajstić information content (AvgIpc) is 2.33. The number of esters is 1. The summed E-state index contributed by atoms with van der Waals surface area (Å²) in [7, 11) is 0. The summed E-state index contributed by atoms with van der Waals surface area (Å²) in [4.78, 5) is 27.2. The number of pyridine rings is 1. The smallest absolute Gasteiger partial charge is 0.322 e. The zero-order valence-corrected chi connectivity index (χ0v) is 13.0. The average molecular weight is 345 g/mol. The van der Waals surface area contributed by atoms with Gasteiger partial charge in [0.25, 0.3) is 0 Å². The summed E-state index contributed by atoms with van der Waals surface area (Å²) in [5.41, 5.74) is -0.0629. The van der Waals surface area contributed by atoms with Gasteiger partial charge in [0.2, 0.25) is 0 Å². The molecule has 0 fully saturated rings. The van der Waals surface area contributed by atoms with E-state index in [1.807, 2.05) is 0 Å². The minimum atomic E-state index is -1.28. The van der Waals surface area contributed by atoms with Crippen LogP contribution in [0.25, 0.3) is 0 Å². The molecule has 0 saturated heterocycles. The van der Waals surface area contributed by atoms with Crippen molar-refractivity contribution in [2.45, 2.75) is 19.8 Å². The van der Waals surface area contributed by atoms with E-state index in [0.29, 0.717) is 0 Å². The van der Waals surface area contributed by atoms with Crippen molar-refractivity contribution in [3.05, 3.63) is 25.9 Å². The van der Waals surface area contributed by atoms with Crippen LogP contribution in [0.4, 0.5) is 0 Å². The first-order valence-corrected chi connectivity index (χ1v) is 6.69. The normalized spacial score (nSPS) is 12.1. The fourth-order valence-corrected chi connectivity index (χ4v) is 2.24. The number of carbonyl (C=O) groups is 2. The molecule has 1 unspecified atom stereocenters. The van der Waals surface area contributed by atoms with E-state index < -0.39 is 17.7 Å². The zero-order valence-electron chi connectivity index (χ0n) is 9.97. The number of hydrogen-bond acceptors (Lipinski definition) is 4. The van der Waals surface area contributed by atoms with Crippen molar-refractivity contribution in [2.75, 3.05) is 6.61 Å². The SMILES string of the molecule is CCOC(=O)C(C(C)=O)c1nc(Cl)c(Cl)c(Cl)c1Cl. The summed E-state index contributed by atoms with van der Waals surface area (Å²) in [6, 6.07) is 0. The highest BCUT2D eigenvalue weighted by atomic mass is 35.5. The summed E-state index contributed by atoms with van der Waals surface area (Å²) in [6.45, 7) is 2.96. The Kier molecular flexibility index (Phi) is 5.86. The van der Waals surface area contributed by atoms with Crippen LogP contribution in [0, 0.1) is 0 Å². The Morgan fingerprint density at radius 2 is 1.74 bits per heavy atom. The summed E-state index contributed by atoms with van der Waals surface area (Å²) < 4.78 is 4.81. The number of carbonyl (C=O) groups excluding carboxylic acids is 2. The maximum Gasteiger partial charge on any atom is 0.322 e. The third kappa shape index (κ3) is 3.51. The van der Waals surface area contributed by atoms with Crippen LogP contribution in [-0.2, 0) is 14.3 Å². The van der Waals surface area contributed by atoms with Gasteiger partial charge >= 0.3 is 5.97 Å². The van der Waals surface area contributed by atoms with Crippen molar-refractivity contribution in [1.29, 1.82) is 0 Å². The zero-order chi connectivity index (χ0) is 14.7. The lowest BCUT2D eigenvalue weighted by Crippen LogP contribution is -2.24. The molecule has 1 heterocycles. The maximum atomic E-state index is 11.8. The molecule has 0 aromatic carbocycles. The number of rotatable bonds is 4. The Hall–Kier alpha value is -0.550. The van der Waals surface area contributed by atoms with Crippen molar-refractivity contribution in [2.24, 2.45) is 0 Å². The van der Waals surface area contributed by atoms with E-state index in [4.69, 9.17) is 51.1 Å². The third-order valence-electron chi connectivity index (χ3n) is 2.21. The molecule has 0 spiro atoms. The van der Waals surface area contributed by atoms with Gasteiger partial charge in [0.05, 0.1) is 27.4 Å². The first kappa shape index (κ1) is 16.5. The number of hydrogen-bond donors (Lipinski definition) is 0. The van der Waals surface area contributed by atoms with Crippen LogP contribution in [0.3, 0.4) is 0 Å². The van der Waals surface area contributed by atoms with Crippen LogP contribution in [0.1, 0.15) is 25.5 Å². The van der Waals surface area contributed by atoms with Crippen molar-refractivity contribution < 1.29 is 14.3 Å².